The van der Waals surface area contributed by atoms with Crippen LogP contribution in [-0.2, 0) is 23.1 Å². The summed E-state index contributed by atoms with van der Waals surface area (Å²) in [5.41, 5.74) is 4.27. The molecule has 168 valence electrons. The van der Waals surface area contributed by atoms with Crippen molar-refractivity contribution in [3.63, 3.8) is 0 Å². The van der Waals surface area contributed by atoms with Crippen LogP contribution in [0.3, 0.4) is 0 Å². The van der Waals surface area contributed by atoms with E-state index in [0.29, 0.717) is 18.8 Å². The molecule has 2 atom stereocenters. The first kappa shape index (κ1) is 20.9. The van der Waals surface area contributed by atoms with Gasteiger partial charge >= 0.3 is 5.97 Å². The molecular formula is C24H29N5O3. The van der Waals surface area contributed by atoms with Gasteiger partial charge in [-0.05, 0) is 19.4 Å². The van der Waals surface area contributed by atoms with E-state index < -0.39 is 0 Å². The highest BCUT2D eigenvalue weighted by Gasteiger charge is 2.42. The van der Waals surface area contributed by atoms with Crippen molar-refractivity contribution in [1.29, 1.82) is 0 Å². The minimum Gasteiger partial charge on any atom is -0.462 e. The van der Waals surface area contributed by atoms with Crippen LogP contribution in [0.5, 0.6) is 0 Å². The number of esters is 1. The molecular weight excluding hydrogens is 406 g/mol. The Morgan fingerprint density at radius 2 is 2.06 bits per heavy atom. The van der Waals surface area contributed by atoms with Gasteiger partial charge in [0.25, 0.3) is 0 Å². The van der Waals surface area contributed by atoms with Gasteiger partial charge in [-0.25, -0.2) is 9.78 Å². The Kier molecular flexibility index (Phi) is 5.57. The fourth-order valence-electron chi connectivity index (χ4n) is 5.03. The van der Waals surface area contributed by atoms with Gasteiger partial charge in [-0.15, -0.1) is 0 Å². The summed E-state index contributed by atoms with van der Waals surface area (Å²) in [5.74, 6) is -0.350. The Balaban J connectivity index is 1.51. The zero-order valence-electron chi connectivity index (χ0n) is 18.8. The number of aromatic nitrogens is 3. The molecule has 4 heterocycles. The molecule has 0 amide bonds. The van der Waals surface area contributed by atoms with E-state index in [1.165, 1.54) is 5.56 Å². The van der Waals surface area contributed by atoms with Crippen molar-refractivity contribution in [2.24, 2.45) is 7.05 Å². The van der Waals surface area contributed by atoms with Gasteiger partial charge in [0.2, 0.25) is 0 Å². The molecule has 2 aliphatic rings. The Bertz CT molecular complexity index is 1130. The summed E-state index contributed by atoms with van der Waals surface area (Å²) in [6.45, 7) is 8.09. The van der Waals surface area contributed by atoms with E-state index >= 15 is 0 Å². The van der Waals surface area contributed by atoms with Crippen molar-refractivity contribution in [3.8, 4) is 0 Å². The summed E-state index contributed by atoms with van der Waals surface area (Å²) in [5, 5.41) is 5.47. The standard InChI is InChI=1S/C24H29N5O3/c1-4-31-24(30)18-12-25-23-21(16(2)26-27(23)3)22(18)29-14-19-20(15-29)32-11-10-28(19)13-17-8-6-5-7-9-17/h5-9,12,19-20H,4,10-11,13-15H2,1-3H3. The number of hydrogen-bond acceptors (Lipinski definition) is 7. The predicted molar refractivity (Wildman–Crippen MR) is 122 cm³/mol. The molecule has 3 aromatic rings. The van der Waals surface area contributed by atoms with E-state index in [1.54, 1.807) is 10.9 Å². The number of aryl methyl sites for hydroxylation is 2. The molecule has 2 aromatic heterocycles. The van der Waals surface area contributed by atoms with Crippen LogP contribution in [0.4, 0.5) is 5.69 Å². The maximum atomic E-state index is 12.8. The number of carbonyl (C=O) groups excluding carboxylic acids is 1. The molecule has 0 N–H and O–H groups in total. The fourth-order valence-corrected chi connectivity index (χ4v) is 5.03. The van der Waals surface area contributed by atoms with Gasteiger partial charge in [0.15, 0.2) is 5.65 Å². The Morgan fingerprint density at radius 3 is 2.84 bits per heavy atom. The van der Waals surface area contributed by atoms with Crippen LogP contribution in [-0.4, -0.2) is 70.6 Å². The molecule has 8 nitrogen and oxygen atoms in total. The number of carbonyl (C=O) groups is 1. The summed E-state index contributed by atoms with van der Waals surface area (Å²) in [7, 11) is 1.88. The highest BCUT2D eigenvalue weighted by molar-refractivity contribution is 6.05. The van der Waals surface area contributed by atoms with Crippen LogP contribution in [0.25, 0.3) is 11.0 Å². The average molecular weight is 436 g/mol. The molecule has 2 unspecified atom stereocenters. The maximum Gasteiger partial charge on any atom is 0.341 e. The quantitative estimate of drug-likeness (QED) is 0.570. The molecule has 32 heavy (non-hydrogen) atoms. The third-order valence-corrected chi connectivity index (χ3v) is 6.46. The number of anilines is 1. The van der Waals surface area contributed by atoms with Crippen molar-refractivity contribution < 1.29 is 14.3 Å². The second-order valence-electron chi connectivity index (χ2n) is 8.49. The van der Waals surface area contributed by atoms with Gasteiger partial charge in [-0.1, -0.05) is 30.3 Å². The molecule has 2 aliphatic heterocycles. The van der Waals surface area contributed by atoms with E-state index in [0.717, 1.165) is 48.6 Å². The lowest BCUT2D eigenvalue weighted by atomic mass is 10.1. The monoisotopic (exact) mass is 435 g/mol. The fraction of sp³-hybridized carbons (Fsp3) is 0.458. The van der Waals surface area contributed by atoms with E-state index in [9.17, 15) is 4.79 Å². The van der Waals surface area contributed by atoms with Crippen molar-refractivity contribution >= 4 is 22.7 Å². The average Bonchev–Trinajstić information content (AvgIpc) is 3.35. The molecule has 2 saturated heterocycles. The zero-order chi connectivity index (χ0) is 22.2. The molecule has 1 aromatic carbocycles. The van der Waals surface area contributed by atoms with Gasteiger partial charge in [0.05, 0.1) is 42.1 Å². The van der Waals surface area contributed by atoms with Crippen LogP contribution in [0.2, 0.25) is 0 Å². The second kappa shape index (κ2) is 8.52. The molecule has 0 aliphatic carbocycles. The van der Waals surface area contributed by atoms with Crippen LogP contribution >= 0.6 is 0 Å². The number of nitrogens with zero attached hydrogens (tertiary/aromatic N) is 5. The lowest BCUT2D eigenvalue weighted by Gasteiger charge is -2.36. The van der Waals surface area contributed by atoms with E-state index in [2.05, 4.69) is 44.1 Å². The number of benzene rings is 1. The normalized spacial score (nSPS) is 21.2. The number of pyridine rings is 1. The minimum atomic E-state index is -0.350. The van der Waals surface area contributed by atoms with Crippen molar-refractivity contribution in [1.82, 2.24) is 19.7 Å². The van der Waals surface area contributed by atoms with Crippen LogP contribution in [0, 0.1) is 6.92 Å². The maximum absolute atomic E-state index is 12.8. The minimum absolute atomic E-state index is 0.0858. The van der Waals surface area contributed by atoms with Gasteiger partial charge in [-0.3, -0.25) is 9.58 Å². The van der Waals surface area contributed by atoms with E-state index in [4.69, 9.17) is 9.47 Å². The highest BCUT2D eigenvalue weighted by Crippen LogP contribution is 2.36. The van der Waals surface area contributed by atoms with Crippen LogP contribution < -0.4 is 4.90 Å². The lowest BCUT2D eigenvalue weighted by Crippen LogP contribution is -2.50. The Hall–Kier alpha value is -2.97. The second-order valence-corrected chi connectivity index (χ2v) is 8.49. The highest BCUT2D eigenvalue weighted by atomic mass is 16.5. The third kappa shape index (κ3) is 3.63. The topological polar surface area (TPSA) is 72.7 Å². The van der Waals surface area contributed by atoms with Gasteiger partial charge in [0.1, 0.15) is 5.56 Å². The molecule has 2 fully saturated rings. The summed E-state index contributed by atoms with van der Waals surface area (Å²) < 4.78 is 13.3. The SMILES string of the molecule is CCOC(=O)c1cnc2c(c(C)nn2C)c1N1CC2OCCN(Cc3ccccc3)C2C1. The number of fused-ring (bicyclic) bond motifs is 2. The smallest absolute Gasteiger partial charge is 0.341 e. The van der Waals surface area contributed by atoms with Crippen molar-refractivity contribution in [2.45, 2.75) is 32.5 Å². The summed E-state index contributed by atoms with van der Waals surface area (Å²) >= 11 is 0. The van der Waals surface area contributed by atoms with Gasteiger partial charge in [0, 0.05) is 39.4 Å². The number of rotatable bonds is 5. The first-order valence-electron chi connectivity index (χ1n) is 11.2. The molecule has 0 saturated carbocycles. The molecule has 8 heteroatoms. The van der Waals surface area contributed by atoms with Gasteiger partial charge in [-0.2, -0.15) is 5.10 Å². The van der Waals surface area contributed by atoms with E-state index in [1.807, 2.05) is 27.0 Å². The number of morpholine rings is 1. The first-order valence-corrected chi connectivity index (χ1v) is 11.2. The predicted octanol–water partition coefficient (Wildman–Crippen LogP) is 2.54. The van der Waals surface area contributed by atoms with Gasteiger partial charge < -0.3 is 14.4 Å². The first-order chi connectivity index (χ1) is 15.6. The molecule has 5 rings (SSSR count). The summed E-state index contributed by atoms with van der Waals surface area (Å²) in [4.78, 5) is 22.1. The Morgan fingerprint density at radius 1 is 1.25 bits per heavy atom. The molecule has 0 bridgehead atoms. The summed E-state index contributed by atoms with van der Waals surface area (Å²) in [6.07, 6.45) is 1.71. The number of hydrogen-bond donors (Lipinski definition) is 0. The molecule has 0 radical (unpaired) electrons. The Labute approximate surface area is 187 Å². The molecule has 0 spiro atoms. The zero-order valence-corrected chi connectivity index (χ0v) is 18.8. The summed E-state index contributed by atoms with van der Waals surface area (Å²) in [6, 6.07) is 10.8. The third-order valence-electron chi connectivity index (χ3n) is 6.46. The van der Waals surface area contributed by atoms with Crippen molar-refractivity contribution in [3.05, 3.63) is 53.3 Å². The van der Waals surface area contributed by atoms with Crippen molar-refractivity contribution in [2.75, 3.05) is 37.7 Å². The number of ether oxygens (including phenoxy) is 2. The van der Waals surface area contributed by atoms with Crippen LogP contribution in [0.1, 0.15) is 28.5 Å². The van der Waals surface area contributed by atoms with E-state index in [-0.39, 0.29) is 18.1 Å². The lowest BCUT2D eigenvalue weighted by molar-refractivity contribution is -0.0499. The largest absolute Gasteiger partial charge is 0.462 e. The van der Waals surface area contributed by atoms with Crippen LogP contribution in [0.15, 0.2) is 36.5 Å².